The summed E-state index contributed by atoms with van der Waals surface area (Å²) in [5.41, 5.74) is 0. The molecule has 0 atom stereocenters. The summed E-state index contributed by atoms with van der Waals surface area (Å²) in [6.45, 7) is 1.69. The largest absolute Gasteiger partial charge is 0.346 e. The van der Waals surface area contributed by atoms with Crippen molar-refractivity contribution >= 4 is 40.6 Å². The Bertz CT molecular complexity index is 496. The zero-order chi connectivity index (χ0) is 16.2. The van der Waals surface area contributed by atoms with Crippen LogP contribution in [0.25, 0.3) is 0 Å². The molecular formula is C12H19ClN4O5. The Morgan fingerprint density at radius 1 is 0.955 bits per heavy atom. The molecule has 0 spiro atoms. The molecule has 0 aromatic rings. The quantitative estimate of drug-likeness (QED) is 0.342. The number of piperazine rings is 2. The second kappa shape index (κ2) is 8.32. The van der Waals surface area contributed by atoms with Gasteiger partial charge < -0.3 is 15.1 Å². The lowest BCUT2D eigenvalue weighted by molar-refractivity contribution is -0.152. The fourth-order valence-electron chi connectivity index (χ4n) is 1.59. The van der Waals surface area contributed by atoms with E-state index in [1.165, 1.54) is 16.8 Å². The maximum atomic E-state index is 11.0. The van der Waals surface area contributed by atoms with Crippen molar-refractivity contribution in [1.29, 1.82) is 0 Å². The minimum atomic E-state index is -0.901. The molecule has 124 valence electrons. The number of carbonyl (C=O) groups is 5. The van der Waals surface area contributed by atoms with Gasteiger partial charge in [-0.3, -0.25) is 28.9 Å². The van der Waals surface area contributed by atoms with Crippen LogP contribution in [0.5, 0.6) is 0 Å². The molecule has 0 aromatic carbocycles. The van der Waals surface area contributed by atoms with E-state index in [-0.39, 0.29) is 14.0 Å². The smallest absolute Gasteiger partial charge is 0.323 e. The summed E-state index contributed by atoms with van der Waals surface area (Å²) in [6, 6.07) is 0. The first-order chi connectivity index (χ1) is 9.75. The highest BCUT2D eigenvalue weighted by molar-refractivity contribution is 6.65. The van der Waals surface area contributed by atoms with Crippen LogP contribution in [0.15, 0.2) is 0 Å². The van der Waals surface area contributed by atoms with Gasteiger partial charge in [0.15, 0.2) is 0 Å². The zero-order valence-electron chi connectivity index (χ0n) is 11.6. The summed E-state index contributed by atoms with van der Waals surface area (Å²) < 4.78 is 0. The Kier molecular flexibility index (Phi) is 7.51. The monoisotopic (exact) mass is 334 g/mol. The zero-order valence-corrected chi connectivity index (χ0v) is 12.3. The van der Waals surface area contributed by atoms with Crippen LogP contribution in [0.4, 0.5) is 4.79 Å². The highest BCUT2D eigenvalue weighted by atomic mass is 35.5. The van der Waals surface area contributed by atoms with Gasteiger partial charge in [-0.15, -0.1) is 0 Å². The van der Waals surface area contributed by atoms with Gasteiger partial charge in [0.1, 0.15) is 0 Å². The molecule has 2 aliphatic heterocycles. The van der Waals surface area contributed by atoms with E-state index >= 15 is 0 Å². The number of rotatable bonds is 0. The van der Waals surface area contributed by atoms with Gasteiger partial charge in [-0.05, 0) is 11.6 Å². The van der Waals surface area contributed by atoms with Crippen LogP contribution >= 0.6 is 11.6 Å². The van der Waals surface area contributed by atoms with Crippen molar-refractivity contribution in [1.82, 2.24) is 20.0 Å². The lowest BCUT2D eigenvalue weighted by Crippen LogP contribution is -2.53. The Morgan fingerprint density at radius 2 is 1.50 bits per heavy atom. The molecule has 0 saturated carbocycles. The summed E-state index contributed by atoms with van der Waals surface area (Å²) in [5, 5.41) is 1.53. The fraction of sp³-hybridized carbons (Fsp3) is 0.583. The van der Waals surface area contributed by atoms with E-state index in [1.807, 2.05) is 0 Å². The number of amides is 5. The van der Waals surface area contributed by atoms with Crippen molar-refractivity contribution in [3.8, 4) is 0 Å². The molecule has 0 bridgehead atoms. The number of carbonyl (C=O) groups excluding carboxylic acids is 5. The number of halogens is 1. The molecule has 22 heavy (non-hydrogen) atoms. The summed E-state index contributed by atoms with van der Waals surface area (Å²) in [7, 11) is 3.11. The third kappa shape index (κ3) is 4.69. The molecule has 2 rings (SSSR count). The molecule has 0 unspecified atom stereocenters. The predicted octanol–water partition coefficient (Wildman–Crippen LogP) is -1.14. The summed E-state index contributed by atoms with van der Waals surface area (Å²) in [5.74, 6) is -2.50. The van der Waals surface area contributed by atoms with E-state index in [1.54, 1.807) is 7.05 Å². The first-order valence-corrected chi connectivity index (χ1v) is 6.43. The van der Waals surface area contributed by atoms with Crippen LogP contribution in [0, 0.1) is 0 Å². The predicted molar refractivity (Wildman–Crippen MR) is 78.0 cm³/mol. The van der Waals surface area contributed by atoms with Gasteiger partial charge in [-0.2, -0.15) is 0 Å². The molecule has 10 heteroatoms. The first-order valence-electron chi connectivity index (χ1n) is 6.05. The third-order valence-electron chi connectivity index (χ3n) is 2.92. The minimum Gasteiger partial charge on any atom is -0.346 e. The lowest BCUT2D eigenvalue weighted by Gasteiger charge is -2.28. The second-order valence-corrected chi connectivity index (χ2v) is 4.74. The average molecular weight is 335 g/mol. The van der Waals surface area contributed by atoms with Crippen LogP contribution in [0.2, 0.25) is 0 Å². The van der Waals surface area contributed by atoms with Crippen LogP contribution in [0.1, 0.15) is 7.43 Å². The highest BCUT2D eigenvalue weighted by Crippen LogP contribution is 2.05. The molecule has 2 heterocycles. The Balaban J connectivity index is 0.000000397. The molecule has 5 amide bonds. The molecule has 1 N–H and O–H groups in total. The number of hydrogen-bond acceptors (Lipinski definition) is 5. The minimum absolute atomic E-state index is 0. The summed E-state index contributed by atoms with van der Waals surface area (Å²) in [4.78, 5) is 57.0. The number of hydrogen-bond donors (Lipinski definition) is 1. The molecule has 2 aliphatic rings. The van der Waals surface area contributed by atoms with Gasteiger partial charge in [0.05, 0.1) is 0 Å². The molecule has 0 aromatic heterocycles. The third-order valence-corrected chi connectivity index (χ3v) is 3.12. The van der Waals surface area contributed by atoms with Crippen molar-refractivity contribution in [2.45, 2.75) is 7.43 Å². The standard InChI is InChI=1S/C6H7ClN2O3.C5H8N2O2.CH4/c1-8-2-3-9(6(7)12)5(11)4(8)10;1-7-3-2-6-4(8)5(7)9;/h2-3H2,1H3;2-3H2,1H3,(H,6,8);1H4. The molecule has 2 fully saturated rings. The van der Waals surface area contributed by atoms with E-state index in [4.69, 9.17) is 11.6 Å². The van der Waals surface area contributed by atoms with Crippen molar-refractivity contribution in [2.24, 2.45) is 0 Å². The first kappa shape index (κ1) is 19.8. The Labute approximate surface area is 133 Å². The second-order valence-electron chi connectivity index (χ2n) is 4.42. The fourth-order valence-corrected chi connectivity index (χ4v) is 1.75. The molecule has 2 saturated heterocycles. The van der Waals surface area contributed by atoms with Gasteiger partial charge in [0.25, 0.3) is 0 Å². The molecule has 9 nitrogen and oxygen atoms in total. The number of imide groups is 1. The van der Waals surface area contributed by atoms with E-state index < -0.39 is 29.0 Å². The van der Waals surface area contributed by atoms with Crippen molar-refractivity contribution < 1.29 is 24.0 Å². The van der Waals surface area contributed by atoms with Crippen LogP contribution in [-0.4, -0.2) is 84.0 Å². The van der Waals surface area contributed by atoms with Crippen molar-refractivity contribution in [2.75, 3.05) is 40.3 Å². The molecule has 0 aliphatic carbocycles. The topological polar surface area (TPSA) is 107 Å². The van der Waals surface area contributed by atoms with E-state index in [0.29, 0.717) is 19.6 Å². The highest BCUT2D eigenvalue weighted by Gasteiger charge is 2.33. The summed E-state index contributed by atoms with van der Waals surface area (Å²) in [6.07, 6.45) is 0. The molecule has 0 radical (unpaired) electrons. The van der Waals surface area contributed by atoms with E-state index in [0.717, 1.165) is 4.90 Å². The molecular weight excluding hydrogens is 316 g/mol. The number of likely N-dealkylation sites (N-methyl/N-ethyl adjacent to an activating group) is 2. The van der Waals surface area contributed by atoms with E-state index in [2.05, 4.69) is 5.32 Å². The normalized spacial score (nSPS) is 18.2. The SMILES string of the molecule is C.CN1CCN(C(=O)Cl)C(=O)C1=O.CN1CCNC(=O)C1=O. The Morgan fingerprint density at radius 3 is 1.95 bits per heavy atom. The van der Waals surface area contributed by atoms with Crippen LogP contribution in [-0.2, 0) is 19.2 Å². The van der Waals surface area contributed by atoms with Crippen LogP contribution in [0.3, 0.4) is 0 Å². The lowest BCUT2D eigenvalue weighted by atomic mass is 10.3. The van der Waals surface area contributed by atoms with Gasteiger partial charge >= 0.3 is 29.0 Å². The van der Waals surface area contributed by atoms with Gasteiger partial charge in [-0.1, -0.05) is 7.43 Å². The van der Waals surface area contributed by atoms with Gasteiger partial charge in [0.2, 0.25) is 0 Å². The summed E-state index contributed by atoms with van der Waals surface area (Å²) >= 11 is 5.06. The number of nitrogens with zero attached hydrogens (tertiary/aromatic N) is 3. The number of nitrogens with one attached hydrogen (secondary N) is 1. The van der Waals surface area contributed by atoms with Crippen molar-refractivity contribution in [3.05, 3.63) is 0 Å². The van der Waals surface area contributed by atoms with E-state index in [9.17, 15) is 24.0 Å². The Hall–Kier alpha value is -2.16. The van der Waals surface area contributed by atoms with Crippen LogP contribution < -0.4 is 5.32 Å². The average Bonchev–Trinajstić information content (AvgIpc) is 2.42. The van der Waals surface area contributed by atoms with Crippen molar-refractivity contribution in [3.63, 3.8) is 0 Å². The maximum absolute atomic E-state index is 11.0. The maximum Gasteiger partial charge on any atom is 0.323 e. The van der Waals surface area contributed by atoms with Gasteiger partial charge in [0, 0.05) is 40.3 Å². The van der Waals surface area contributed by atoms with Gasteiger partial charge in [-0.25, -0.2) is 0 Å².